The average molecular weight is 389 g/mol. The number of carbonyl (C=O) groups excluding carboxylic acids is 1. The predicted octanol–water partition coefficient (Wildman–Crippen LogP) is 2.83. The van der Waals surface area contributed by atoms with Gasteiger partial charge in [0.25, 0.3) is 11.4 Å². The summed E-state index contributed by atoms with van der Waals surface area (Å²) in [5, 5.41) is 3.84. The van der Waals surface area contributed by atoms with Crippen LogP contribution in [0, 0.1) is 6.92 Å². The number of aromatic amines is 1. The number of ether oxygens (including phenoxy) is 1. The Morgan fingerprint density at radius 3 is 2.55 bits per heavy atom. The number of para-hydroxylation sites is 1. The van der Waals surface area contributed by atoms with Crippen molar-refractivity contribution in [2.45, 2.75) is 25.7 Å². The Balaban J connectivity index is 1.73. The highest BCUT2D eigenvalue weighted by Crippen LogP contribution is 2.39. The third-order valence-corrected chi connectivity index (χ3v) is 5.19. The molecule has 3 heterocycles. The molecule has 1 spiro atoms. The van der Waals surface area contributed by atoms with Gasteiger partial charge in [-0.1, -0.05) is 47.4 Å². The van der Waals surface area contributed by atoms with Crippen molar-refractivity contribution < 1.29 is 14.4 Å². The van der Waals surface area contributed by atoms with E-state index in [2.05, 4.69) is 15.8 Å². The minimum absolute atomic E-state index is 0.227. The monoisotopic (exact) mass is 389 g/mol. The number of nitrogens with one attached hydrogen (secondary N) is 3. The minimum atomic E-state index is -1.25. The number of Topliss-reactive ketones (excluding diaryl/α,β-unsaturated/α-hetero) is 1. The van der Waals surface area contributed by atoms with E-state index in [9.17, 15) is 9.59 Å². The molecule has 2 atom stereocenters. The Morgan fingerprint density at radius 1 is 1.07 bits per heavy atom. The fourth-order valence-corrected chi connectivity index (χ4v) is 3.78. The molecule has 0 saturated carbocycles. The van der Waals surface area contributed by atoms with Crippen LogP contribution in [0.3, 0.4) is 0 Å². The molecule has 3 aromatic rings. The van der Waals surface area contributed by atoms with Crippen molar-refractivity contribution in [3.8, 4) is 5.75 Å². The molecule has 0 bridgehead atoms. The quantitative estimate of drug-likeness (QED) is 0.584. The first-order chi connectivity index (χ1) is 14.0. The number of benzene rings is 2. The van der Waals surface area contributed by atoms with Crippen LogP contribution in [-0.4, -0.2) is 16.6 Å². The Bertz CT molecular complexity index is 1230. The van der Waals surface area contributed by atoms with Gasteiger partial charge in [0.15, 0.2) is 5.78 Å². The Labute approximate surface area is 166 Å². The molecule has 0 saturated heterocycles. The average Bonchev–Trinajstić information content (AvgIpc) is 3.07. The second-order valence-corrected chi connectivity index (χ2v) is 7.35. The van der Waals surface area contributed by atoms with Crippen LogP contribution >= 0.6 is 0 Å². The Morgan fingerprint density at radius 2 is 1.83 bits per heavy atom. The van der Waals surface area contributed by atoms with Gasteiger partial charge in [0, 0.05) is 17.0 Å². The lowest BCUT2D eigenvalue weighted by Gasteiger charge is -2.38. The van der Waals surface area contributed by atoms with Crippen LogP contribution < -0.4 is 21.1 Å². The standard InChI is InChI=1S/C22H19N3O4/c1-12-7-9-14(10-8-12)19(26)18-17-20(28-22(24-18)11-13(2)29-25-22)15-5-3-4-6-16(15)23-21(17)27/h3-11,18,24-25H,1-2H3,(H,23,27). The van der Waals surface area contributed by atoms with Gasteiger partial charge >= 0.3 is 0 Å². The third-order valence-electron chi connectivity index (χ3n) is 5.19. The maximum Gasteiger partial charge on any atom is 0.272 e. The largest absolute Gasteiger partial charge is 0.451 e. The van der Waals surface area contributed by atoms with Crippen LogP contribution in [0.4, 0.5) is 0 Å². The van der Waals surface area contributed by atoms with Gasteiger partial charge in [-0.15, -0.1) is 0 Å². The van der Waals surface area contributed by atoms with E-state index in [4.69, 9.17) is 9.57 Å². The molecule has 2 unspecified atom stereocenters. The van der Waals surface area contributed by atoms with Crippen molar-refractivity contribution in [1.82, 2.24) is 15.8 Å². The summed E-state index contributed by atoms with van der Waals surface area (Å²) in [4.78, 5) is 34.6. The second-order valence-electron chi connectivity index (χ2n) is 7.35. The summed E-state index contributed by atoms with van der Waals surface area (Å²) in [5.41, 5.74) is 4.87. The van der Waals surface area contributed by atoms with Crippen LogP contribution in [0.2, 0.25) is 0 Å². The maximum atomic E-state index is 13.4. The van der Waals surface area contributed by atoms with E-state index in [1.54, 1.807) is 31.2 Å². The van der Waals surface area contributed by atoms with Crippen LogP contribution in [0.25, 0.3) is 10.9 Å². The predicted molar refractivity (Wildman–Crippen MR) is 107 cm³/mol. The minimum Gasteiger partial charge on any atom is -0.451 e. The molecule has 2 aliphatic heterocycles. The number of rotatable bonds is 2. The molecule has 2 aliphatic rings. The van der Waals surface area contributed by atoms with E-state index in [0.29, 0.717) is 28.0 Å². The number of aromatic nitrogens is 1. The first-order valence-electron chi connectivity index (χ1n) is 9.32. The lowest BCUT2D eigenvalue weighted by Crippen LogP contribution is -2.62. The van der Waals surface area contributed by atoms with E-state index >= 15 is 0 Å². The molecule has 0 fully saturated rings. The summed E-state index contributed by atoms with van der Waals surface area (Å²) in [5.74, 6) is -0.528. The molecule has 2 aromatic carbocycles. The highest BCUT2D eigenvalue weighted by Gasteiger charge is 2.47. The zero-order valence-corrected chi connectivity index (χ0v) is 15.9. The highest BCUT2D eigenvalue weighted by atomic mass is 16.7. The van der Waals surface area contributed by atoms with Crippen molar-refractivity contribution in [2.75, 3.05) is 0 Å². The molecule has 7 heteroatoms. The van der Waals surface area contributed by atoms with Gasteiger partial charge < -0.3 is 14.6 Å². The smallest absolute Gasteiger partial charge is 0.272 e. The Hall–Kier alpha value is -3.42. The third kappa shape index (κ3) is 2.83. The number of H-pyrrole nitrogens is 1. The molecular formula is C22H19N3O4. The van der Waals surface area contributed by atoms with Crippen LogP contribution in [0.1, 0.15) is 34.5 Å². The van der Waals surface area contributed by atoms with Crippen molar-refractivity contribution in [3.63, 3.8) is 0 Å². The number of hydrogen-bond acceptors (Lipinski definition) is 6. The number of fused-ring (bicyclic) bond motifs is 3. The molecule has 7 nitrogen and oxygen atoms in total. The van der Waals surface area contributed by atoms with E-state index in [-0.39, 0.29) is 16.9 Å². The number of hydroxylamine groups is 1. The van der Waals surface area contributed by atoms with Gasteiger partial charge in [0.05, 0.1) is 11.1 Å². The van der Waals surface area contributed by atoms with Crippen molar-refractivity contribution in [3.05, 3.63) is 87.4 Å². The summed E-state index contributed by atoms with van der Waals surface area (Å²) in [6.07, 6.45) is 1.71. The summed E-state index contributed by atoms with van der Waals surface area (Å²) >= 11 is 0. The van der Waals surface area contributed by atoms with Crippen molar-refractivity contribution >= 4 is 16.7 Å². The summed E-state index contributed by atoms with van der Waals surface area (Å²) in [6, 6.07) is 13.7. The Kier molecular flexibility index (Phi) is 3.84. The molecule has 3 N–H and O–H groups in total. The van der Waals surface area contributed by atoms with Gasteiger partial charge in [-0.05, 0) is 26.0 Å². The number of hydrogen-bond donors (Lipinski definition) is 3. The fourth-order valence-electron chi connectivity index (χ4n) is 3.78. The molecule has 0 amide bonds. The number of aryl methyl sites for hydroxylation is 1. The normalized spacial score (nSPS) is 22.7. The fraction of sp³-hybridized carbons (Fsp3) is 0.182. The molecule has 146 valence electrons. The van der Waals surface area contributed by atoms with E-state index in [1.165, 1.54) is 0 Å². The second kappa shape index (κ2) is 6.30. The number of carbonyl (C=O) groups is 1. The summed E-state index contributed by atoms with van der Waals surface area (Å²) < 4.78 is 6.18. The molecule has 5 rings (SSSR count). The molecular weight excluding hydrogens is 370 g/mol. The lowest BCUT2D eigenvalue weighted by molar-refractivity contribution is -0.0617. The van der Waals surface area contributed by atoms with Crippen LogP contribution in [0.5, 0.6) is 5.75 Å². The van der Waals surface area contributed by atoms with Gasteiger partial charge in [-0.3, -0.25) is 9.59 Å². The number of allylic oxidation sites excluding steroid dienone is 1. The van der Waals surface area contributed by atoms with Crippen molar-refractivity contribution in [1.29, 1.82) is 0 Å². The maximum absolute atomic E-state index is 13.4. The van der Waals surface area contributed by atoms with Crippen LogP contribution in [-0.2, 0) is 4.84 Å². The zero-order valence-electron chi connectivity index (χ0n) is 15.9. The molecule has 1 aromatic heterocycles. The lowest BCUT2D eigenvalue weighted by atomic mass is 9.93. The summed E-state index contributed by atoms with van der Waals surface area (Å²) in [6.45, 7) is 3.73. The zero-order chi connectivity index (χ0) is 20.2. The number of pyridine rings is 1. The van der Waals surface area contributed by atoms with E-state index < -0.39 is 11.9 Å². The summed E-state index contributed by atoms with van der Waals surface area (Å²) in [7, 11) is 0. The van der Waals surface area contributed by atoms with E-state index in [0.717, 1.165) is 5.56 Å². The van der Waals surface area contributed by atoms with E-state index in [1.807, 2.05) is 37.3 Å². The van der Waals surface area contributed by atoms with Gasteiger partial charge in [0.2, 0.25) is 0 Å². The van der Waals surface area contributed by atoms with Crippen LogP contribution in [0.15, 0.2) is 65.2 Å². The van der Waals surface area contributed by atoms with Crippen molar-refractivity contribution in [2.24, 2.45) is 0 Å². The molecule has 0 aliphatic carbocycles. The first-order valence-corrected chi connectivity index (χ1v) is 9.32. The first kappa shape index (κ1) is 17.7. The highest BCUT2D eigenvalue weighted by molar-refractivity contribution is 6.02. The topological polar surface area (TPSA) is 92.5 Å². The van der Waals surface area contributed by atoms with Gasteiger partial charge in [-0.2, -0.15) is 0 Å². The van der Waals surface area contributed by atoms with Gasteiger partial charge in [0.1, 0.15) is 17.6 Å². The molecule has 29 heavy (non-hydrogen) atoms. The number of ketones is 1. The molecule has 0 radical (unpaired) electrons. The van der Waals surface area contributed by atoms with Gasteiger partial charge in [-0.25, -0.2) is 5.32 Å². The SMILES string of the molecule is CC1=CC2(NO1)NC(C(=O)c1ccc(C)cc1)c1c(c3ccccc3[nH]c1=O)O2.